The molecule has 4 nitrogen and oxygen atoms in total. The number of carbonyl (C=O) groups is 2. The molecular formula is C15H20ClNO3S. The lowest BCUT2D eigenvalue weighted by Gasteiger charge is -2.14. The van der Waals surface area contributed by atoms with Crippen LogP contribution in [0.3, 0.4) is 0 Å². The number of hydrogen-bond donors (Lipinski definition) is 2. The molecular weight excluding hydrogens is 310 g/mol. The first-order chi connectivity index (χ1) is 10.0. The van der Waals surface area contributed by atoms with E-state index in [2.05, 4.69) is 5.32 Å². The first-order valence-corrected chi connectivity index (χ1v) is 8.27. The Kier molecular flexibility index (Phi) is 8.23. The van der Waals surface area contributed by atoms with E-state index >= 15 is 0 Å². The minimum absolute atomic E-state index is 0.0260. The predicted octanol–water partition coefficient (Wildman–Crippen LogP) is 3.58. The molecule has 0 aliphatic rings. The van der Waals surface area contributed by atoms with Crippen LogP contribution in [-0.2, 0) is 9.59 Å². The predicted molar refractivity (Wildman–Crippen MR) is 85.9 cm³/mol. The van der Waals surface area contributed by atoms with Crippen LogP contribution in [0.1, 0.15) is 32.6 Å². The molecule has 0 aliphatic carbocycles. The summed E-state index contributed by atoms with van der Waals surface area (Å²) in [5.41, 5.74) is 0. The number of carbonyl (C=O) groups excluding carboxylic acids is 1. The third-order valence-electron chi connectivity index (χ3n) is 2.91. The Balaban J connectivity index is 2.20. The quantitative estimate of drug-likeness (QED) is 0.537. The first-order valence-electron chi connectivity index (χ1n) is 6.90. The Hall–Kier alpha value is -1.20. The fourth-order valence-electron chi connectivity index (χ4n) is 1.76. The van der Waals surface area contributed by atoms with Gasteiger partial charge in [0.05, 0.1) is 6.42 Å². The molecule has 1 atom stereocenters. The second kappa shape index (κ2) is 9.68. The maximum Gasteiger partial charge on any atom is 0.305 e. The molecule has 0 bridgehead atoms. The van der Waals surface area contributed by atoms with Gasteiger partial charge in [-0.2, -0.15) is 0 Å². The molecule has 116 valence electrons. The topological polar surface area (TPSA) is 66.4 Å². The van der Waals surface area contributed by atoms with Crippen LogP contribution in [0.15, 0.2) is 29.2 Å². The van der Waals surface area contributed by atoms with Crippen molar-refractivity contribution in [2.24, 2.45) is 0 Å². The van der Waals surface area contributed by atoms with Gasteiger partial charge in [0.15, 0.2) is 0 Å². The summed E-state index contributed by atoms with van der Waals surface area (Å²) in [5.74, 6) is -0.134. The maximum atomic E-state index is 11.7. The Labute approximate surface area is 134 Å². The van der Waals surface area contributed by atoms with Crippen molar-refractivity contribution in [1.29, 1.82) is 0 Å². The van der Waals surface area contributed by atoms with Crippen LogP contribution in [0.2, 0.25) is 5.02 Å². The summed E-state index contributed by atoms with van der Waals surface area (Å²) in [7, 11) is 0. The highest BCUT2D eigenvalue weighted by molar-refractivity contribution is 7.99. The second-order valence-corrected chi connectivity index (χ2v) is 6.28. The van der Waals surface area contributed by atoms with Crippen LogP contribution in [0.25, 0.3) is 0 Å². The van der Waals surface area contributed by atoms with Crippen LogP contribution < -0.4 is 5.32 Å². The van der Waals surface area contributed by atoms with E-state index in [-0.39, 0.29) is 18.4 Å². The molecule has 21 heavy (non-hydrogen) atoms. The normalized spacial score (nSPS) is 11.9. The van der Waals surface area contributed by atoms with Crippen LogP contribution in [0.4, 0.5) is 0 Å². The average molecular weight is 330 g/mol. The van der Waals surface area contributed by atoms with Crippen LogP contribution in [0, 0.1) is 0 Å². The van der Waals surface area contributed by atoms with Gasteiger partial charge in [-0.05, 0) is 42.9 Å². The summed E-state index contributed by atoms with van der Waals surface area (Å²) in [6.07, 6.45) is 1.76. The molecule has 0 spiro atoms. The number of benzene rings is 1. The lowest BCUT2D eigenvalue weighted by molar-refractivity contribution is -0.137. The minimum atomic E-state index is -0.888. The summed E-state index contributed by atoms with van der Waals surface area (Å²) >= 11 is 7.48. The maximum absolute atomic E-state index is 11.7. The molecule has 0 fully saturated rings. The molecule has 1 rings (SSSR count). The fourth-order valence-corrected chi connectivity index (χ4v) is 2.74. The van der Waals surface area contributed by atoms with Crippen LogP contribution >= 0.6 is 23.4 Å². The van der Waals surface area contributed by atoms with Gasteiger partial charge >= 0.3 is 5.97 Å². The Morgan fingerprint density at radius 2 is 2.00 bits per heavy atom. The molecule has 0 aliphatic heterocycles. The van der Waals surface area contributed by atoms with E-state index in [4.69, 9.17) is 16.7 Å². The van der Waals surface area contributed by atoms with Gasteiger partial charge in [0.2, 0.25) is 5.91 Å². The summed E-state index contributed by atoms with van der Waals surface area (Å²) in [6.45, 7) is 1.87. The Bertz CT molecular complexity index is 464. The van der Waals surface area contributed by atoms with Gasteiger partial charge in [0, 0.05) is 22.4 Å². The minimum Gasteiger partial charge on any atom is -0.481 e. The summed E-state index contributed by atoms with van der Waals surface area (Å²) in [6, 6.07) is 7.31. The number of aliphatic carboxylic acids is 1. The average Bonchev–Trinajstić information content (AvgIpc) is 2.44. The Morgan fingerprint density at radius 3 is 2.57 bits per heavy atom. The molecule has 0 saturated heterocycles. The molecule has 0 saturated carbocycles. The van der Waals surface area contributed by atoms with Crippen molar-refractivity contribution >= 4 is 35.2 Å². The fraction of sp³-hybridized carbons (Fsp3) is 0.467. The molecule has 0 heterocycles. The van der Waals surface area contributed by atoms with Gasteiger partial charge in [-0.25, -0.2) is 0 Å². The van der Waals surface area contributed by atoms with Crippen molar-refractivity contribution < 1.29 is 14.7 Å². The molecule has 2 N–H and O–H groups in total. The highest BCUT2D eigenvalue weighted by Gasteiger charge is 2.13. The lowest BCUT2D eigenvalue weighted by atomic mass is 10.1. The van der Waals surface area contributed by atoms with Gasteiger partial charge in [0.25, 0.3) is 0 Å². The van der Waals surface area contributed by atoms with Gasteiger partial charge < -0.3 is 10.4 Å². The molecule has 1 amide bonds. The van der Waals surface area contributed by atoms with Crippen molar-refractivity contribution in [2.45, 2.75) is 43.5 Å². The van der Waals surface area contributed by atoms with Crippen molar-refractivity contribution in [3.8, 4) is 0 Å². The van der Waals surface area contributed by atoms with Crippen molar-refractivity contribution in [3.05, 3.63) is 29.3 Å². The number of rotatable bonds is 9. The van der Waals surface area contributed by atoms with E-state index in [1.807, 2.05) is 31.2 Å². The number of carboxylic acids is 1. The van der Waals surface area contributed by atoms with E-state index in [1.165, 1.54) is 0 Å². The third-order valence-corrected chi connectivity index (χ3v) is 4.26. The van der Waals surface area contributed by atoms with Crippen LogP contribution in [-0.4, -0.2) is 28.8 Å². The number of halogens is 1. The van der Waals surface area contributed by atoms with Gasteiger partial charge in [0.1, 0.15) is 0 Å². The number of nitrogens with one attached hydrogen (secondary N) is 1. The summed E-state index contributed by atoms with van der Waals surface area (Å²) < 4.78 is 0. The first kappa shape index (κ1) is 17.9. The molecule has 0 radical (unpaired) electrons. The smallest absolute Gasteiger partial charge is 0.305 e. The van der Waals surface area contributed by atoms with Crippen molar-refractivity contribution in [3.63, 3.8) is 0 Å². The van der Waals surface area contributed by atoms with E-state index in [0.717, 1.165) is 17.1 Å². The van der Waals surface area contributed by atoms with Crippen molar-refractivity contribution in [2.75, 3.05) is 5.75 Å². The van der Waals surface area contributed by atoms with Gasteiger partial charge in [-0.3, -0.25) is 9.59 Å². The number of amides is 1. The lowest BCUT2D eigenvalue weighted by Crippen LogP contribution is -2.35. The Morgan fingerprint density at radius 1 is 1.33 bits per heavy atom. The van der Waals surface area contributed by atoms with Crippen molar-refractivity contribution in [1.82, 2.24) is 5.32 Å². The summed E-state index contributed by atoms with van der Waals surface area (Å²) in [4.78, 5) is 23.5. The zero-order valence-corrected chi connectivity index (χ0v) is 13.5. The monoisotopic (exact) mass is 329 g/mol. The molecule has 0 aromatic heterocycles. The highest BCUT2D eigenvalue weighted by atomic mass is 35.5. The van der Waals surface area contributed by atoms with E-state index < -0.39 is 5.97 Å². The molecule has 1 aromatic rings. The molecule has 1 unspecified atom stereocenters. The second-order valence-electron chi connectivity index (χ2n) is 4.68. The van der Waals surface area contributed by atoms with E-state index in [9.17, 15) is 9.59 Å². The zero-order chi connectivity index (χ0) is 15.7. The zero-order valence-electron chi connectivity index (χ0n) is 12.0. The largest absolute Gasteiger partial charge is 0.481 e. The SMILES string of the molecule is CCC(CC(=O)O)NC(=O)CCCSc1ccc(Cl)cc1. The van der Waals surface area contributed by atoms with Gasteiger partial charge in [-0.15, -0.1) is 11.8 Å². The highest BCUT2D eigenvalue weighted by Crippen LogP contribution is 2.21. The molecule has 1 aromatic carbocycles. The van der Waals surface area contributed by atoms with E-state index in [0.29, 0.717) is 17.9 Å². The van der Waals surface area contributed by atoms with E-state index in [1.54, 1.807) is 11.8 Å². The van der Waals surface area contributed by atoms with Gasteiger partial charge in [-0.1, -0.05) is 18.5 Å². The number of carboxylic acid groups (broad SMARTS) is 1. The number of hydrogen-bond acceptors (Lipinski definition) is 3. The van der Waals surface area contributed by atoms with Crippen LogP contribution in [0.5, 0.6) is 0 Å². The number of thioether (sulfide) groups is 1. The third kappa shape index (κ3) is 7.97. The standard InChI is InChI=1S/C15H20ClNO3S/c1-2-12(10-15(19)20)17-14(18)4-3-9-21-13-7-5-11(16)6-8-13/h5-8,12H,2-4,9-10H2,1H3,(H,17,18)(H,19,20). The summed E-state index contributed by atoms with van der Waals surface area (Å²) in [5, 5.41) is 12.2. The molecule has 6 heteroatoms.